The Labute approximate surface area is 174 Å². The average molecular weight is 401 g/mol. The molecule has 4 heterocycles. The fourth-order valence-electron chi connectivity index (χ4n) is 4.00. The molecule has 1 saturated heterocycles. The fraction of sp³-hybridized carbons (Fsp3) is 0.261. The van der Waals surface area contributed by atoms with Gasteiger partial charge < -0.3 is 19.2 Å². The minimum Gasteiger partial charge on any atom is -0.472 e. The number of urea groups is 1. The summed E-state index contributed by atoms with van der Waals surface area (Å²) in [6.45, 7) is 3.89. The van der Waals surface area contributed by atoms with Gasteiger partial charge in [0.15, 0.2) is 5.65 Å². The van der Waals surface area contributed by atoms with Crippen molar-refractivity contribution in [1.29, 1.82) is 0 Å². The lowest BCUT2D eigenvalue weighted by atomic mass is 10.1. The Morgan fingerprint density at radius 3 is 2.90 bits per heavy atom. The summed E-state index contributed by atoms with van der Waals surface area (Å²) in [6, 6.07) is 14.0. The van der Waals surface area contributed by atoms with Crippen molar-refractivity contribution in [2.75, 3.05) is 13.1 Å². The molecule has 1 aliphatic heterocycles. The van der Waals surface area contributed by atoms with E-state index >= 15 is 0 Å². The van der Waals surface area contributed by atoms with Gasteiger partial charge in [-0.3, -0.25) is 0 Å². The van der Waals surface area contributed by atoms with Crippen molar-refractivity contribution in [3.05, 3.63) is 72.3 Å². The Morgan fingerprint density at radius 2 is 2.10 bits per heavy atom. The van der Waals surface area contributed by atoms with Crippen LogP contribution < -0.4 is 5.32 Å². The second-order valence-electron chi connectivity index (χ2n) is 7.70. The normalized spacial score (nSPS) is 16.3. The highest BCUT2D eigenvalue weighted by molar-refractivity contribution is 5.78. The highest BCUT2D eigenvalue weighted by atomic mass is 16.3. The molecule has 0 saturated carbocycles. The second-order valence-corrected chi connectivity index (χ2v) is 7.70. The van der Waals surface area contributed by atoms with E-state index in [9.17, 15) is 4.79 Å². The number of nitrogens with one attached hydrogen (secondary N) is 1. The van der Waals surface area contributed by atoms with Gasteiger partial charge in [0, 0.05) is 25.8 Å². The SMILES string of the molecule is Cc1ccc(CNC(=O)N2CCC(n3c(-c4ccoc4)nc4cccnc43)C2)cc1. The molecular weight excluding hydrogens is 378 g/mol. The number of carbonyl (C=O) groups excluding carboxylic acids is 1. The van der Waals surface area contributed by atoms with Crippen molar-refractivity contribution < 1.29 is 9.21 Å². The first-order valence-corrected chi connectivity index (χ1v) is 10.1. The molecule has 5 rings (SSSR count). The molecule has 0 spiro atoms. The molecule has 0 bridgehead atoms. The molecule has 1 atom stereocenters. The van der Waals surface area contributed by atoms with Crippen molar-refractivity contribution in [2.45, 2.75) is 25.9 Å². The molecule has 7 heteroatoms. The topological polar surface area (TPSA) is 76.2 Å². The van der Waals surface area contributed by atoms with Gasteiger partial charge in [-0.1, -0.05) is 29.8 Å². The Hall–Kier alpha value is -3.61. The number of furan rings is 1. The van der Waals surface area contributed by atoms with E-state index < -0.39 is 0 Å². The van der Waals surface area contributed by atoms with Crippen molar-refractivity contribution in [3.8, 4) is 11.4 Å². The molecule has 152 valence electrons. The van der Waals surface area contributed by atoms with E-state index in [1.165, 1.54) is 5.56 Å². The molecular formula is C23H23N5O2. The zero-order valence-corrected chi connectivity index (χ0v) is 16.8. The third kappa shape index (κ3) is 3.43. The number of fused-ring (bicyclic) bond motifs is 1. The van der Waals surface area contributed by atoms with Crippen LogP contribution >= 0.6 is 0 Å². The monoisotopic (exact) mass is 401 g/mol. The molecule has 0 radical (unpaired) electrons. The van der Waals surface area contributed by atoms with Gasteiger partial charge >= 0.3 is 6.03 Å². The van der Waals surface area contributed by atoms with Crippen LogP contribution in [0.5, 0.6) is 0 Å². The van der Waals surface area contributed by atoms with Gasteiger partial charge in [0.05, 0.1) is 17.9 Å². The molecule has 2 amide bonds. The molecule has 1 unspecified atom stereocenters. The number of hydrogen-bond acceptors (Lipinski definition) is 4. The Balaban J connectivity index is 1.34. The van der Waals surface area contributed by atoms with Crippen molar-refractivity contribution in [2.24, 2.45) is 0 Å². The van der Waals surface area contributed by atoms with Crippen LogP contribution in [-0.2, 0) is 6.54 Å². The average Bonchev–Trinajstić information content (AvgIpc) is 3.51. The molecule has 1 fully saturated rings. The number of benzene rings is 1. The summed E-state index contributed by atoms with van der Waals surface area (Å²) in [5.74, 6) is 0.823. The summed E-state index contributed by atoms with van der Waals surface area (Å²) in [4.78, 5) is 23.9. The zero-order valence-electron chi connectivity index (χ0n) is 16.8. The smallest absolute Gasteiger partial charge is 0.317 e. The number of pyridine rings is 1. The van der Waals surface area contributed by atoms with E-state index in [0.717, 1.165) is 34.5 Å². The van der Waals surface area contributed by atoms with Crippen LogP contribution in [0.25, 0.3) is 22.6 Å². The minimum absolute atomic E-state index is 0.0414. The number of nitrogens with zero attached hydrogens (tertiary/aromatic N) is 4. The number of hydrogen-bond donors (Lipinski definition) is 1. The maximum atomic E-state index is 12.7. The summed E-state index contributed by atoms with van der Waals surface area (Å²) in [6.07, 6.45) is 5.97. The highest BCUT2D eigenvalue weighted by Gasteiger charge is 2.31. The number of likely N-dealkylation sites (tertiary alicyclic amines) is 1. The third-order valence-electron chi connectivity index (χ3n) is 5.61. The van der Waals surface area contributed by atoms with Gasteiger partial charge in [0.2, 0.25) is 0 Å². The maximum absolute atomic E-state index is 12.7. The van der Waals surface area contributed by atoms with Gasteiger partial charge in [-0.2, -0.15) is 0 Å². The molecule has 1 aromatic carbocycles. The predicted molar refractivity (Wildman–Crippen MR) is 114 cm³/mol. The van der Waals surface area contributed by atoms with Gasteiger partial charge in [-0.25, -0.2) is 14.8 Å². The van der Waals surface area contributed by atoms with E-state index in [-0.39, 0.29) is 12.1 Å². The fourth-order valence-corrected chi connectivity index (χ4v) is 4.00. The number of amides is 2. The highest BCUT2D eigenvalue weighted by Crippen LogP contribution is 2.32. The summed E-state index contributed by atoms with van der Waals surface area (Å²) < 4.78 is 7.42. The van der Waals surface area contributed by atoms with E-state index in [2.05, 4.69) is 33.9 Å². The Bertz CT molecular complexity index is 1160. The lowest BCUT2D eigenvalue weighted by Crippen LogP contribution is -2.38. The third-order valence-corrected chi connectivity index (χ3v) is 5.61. The lowest BCUT2D eigenvalue weighted by molar-refractivity contribution is 0.207. The molecule has 4 aromatic rings. The van der Waals surface area contributed by atoms with Crippen LogP contribution in [0.2, 0.25) is 0 Å². The standard InChI is InChI=1S/C23H23N5O2/c1-16-4-6-17(7-5-16)13-25-23(29)27-11-8-19(14-27)28-21(18-9-12-30-15-18)26-20-3-2-10-24-22(20)28/h2-7,9-10,12,15,19H,8,11,13-14H2,1H3,(H,25,29). The number of carbonyl (C=O) groups is 1. The first kappa shape index (κ1) is 18.4. The first-order chi connectivity index (χ1) is 14.7. The Kier molecular flexibility index (Phi) is 4.71. The molecule has 30 heavy (non-hydrogen) atoms. The molecule has 3 aromatic heterocycles. The maximum Gasteiger partial charge on any atom is 0.317 e. The minimum atomic E-state index is -0.0414. The van der Waals surface area contributed by atoms with Crippen LogP contribution in [0.3, 0.4) is 0 Å². The van der Waals surface area contributed by atoms with Gasteiger partial charge in [-0.05, 0) is 37.1 Å². The van der Waals surface area contributed by atoms with Gasteiger partial charge in [0.1, 0.15) is 17.6 Å². The van der Waals surface area contributed by atoms with Crippen LogP contribution in [0, 0.1) is 6.92 Å². The van der Waals surface area contributed by atoms with Gasteiger partial charge in [-0.15, -0.1) is 0 Å². The lowest BCUT2D eigenvalue weighted by Gasteiger charge is -2.19. The number of aromatic nitrogens is 3. The van der Waals surface area contributed by atoms with Crippen LogP contribution in [-0.4, -0.2) is 38.6 Å². The summed E-state index contributed by atoms with van der Waals surface area (Å²) >= 11 is 0. The largest absolute Gasteiger partial charge is 0.472 e. The number of rotatable bonds is 4. The second kappa shape index (κ2) is 7.67. The molecule has 1 N–H and O–H groups in total. The number of aryl methyl sites for hydroxylation is 1. The molecule has 0 aliphatic carbocycles. The molecule has 1 aliphatic rings. The zero-order chi connectivity index (χ0) is 20.5. The summed E-state index contributed by atoms with van der Waals surface area (Å²) in [7, 11) is 0. The quantitative estimate of drug-likeness (QED) is 0.557. The van der Waals surface area contributed by atoms with Crippen LogP contribution in [0.4, 0.5) is 4.79 Å². The summed E-state index contributed by atoms with van der Waals surface area (Å²) in [5, 5.41) is 3.04. The van der Waals surface area contributed by atoms with E-state index in [1.807, 2.05) is 35.2 Å². The van der Waals surface area contributed by atoms with Crippen molar-refractivity contribution >= 4 is 17.2 Å². The first-order valence-electron chi connectivity index (χ1n) is 10.1. The molecule has 7 nitrogen and oxygen atoms in total. The van der Waals surface area contributed by atoms with Crippen LogP contribution in [0.15, 0.2) is 65.6 Å². The van der Waals surface area contributed by atoms with Gasteiger partial charge in [0.25, 0.3) is 0 Å². The van der Waals surface area contributed by atoms with E-state index in [4.69, 9.17) is 9.40 Å². The van der Waals surface area contributed by atoms with Crippen LogP contribution in [0.1, 0.15) is 23.6 Å². The van der Waals surface area contributed by atoms with E-state index in [0.29, 0.717) is 19.6 Å². The van der Waals surface area contributed by atoms with Crippen molar-refractivity contribution in [1.82, 2.24) is 24.8 Å². The van der Waals surface area contributed by atoms with Crippen molar-refractivity contribution in [3.63, 3.8) is 0 Å². The predicted octanol–water partition coefficient (Wildman–Crippen LogP) is 4.16. The Morgan fingerprint density at radius 1 is 1.23 bits per heavy atom. The number of imidazole rings is 1. The van der Waals surface area contributed by atoms with E-state index in [1.54, 1.807) is 18.7 Å². The summed E-state index contributed by atoms with van der Waals surface area (Å²) in [5.41, 5.74) is 4.89.